The van der Waals surface area contributed by atoms with E-state index in [1.165, 1.54) is 16.6 Å². The van der Waals surface area contributed by atoms with E-state index < -0.39 is 5.25 Å². The summed E-state index contributed by atoms with van der Waals surface area (Å²) in [5.41, 5.74) is 5.88. The number of aryl methyl sites for hydroxylation is 5. The van der Waals surface area contributed by atoms with Gasteiger partial charge in [-0.1, -0.05) is 77.5 Å². The summed E-state index contributed by atoms with van der Waals surface area (Å²) in [5.74, 6) is 1.30. The molecule has 0 radical (unpaired) electrons. The molecule has 8 heteroatoms. The van der Waals surface area contributed by atoms with Crippen LogP contribution in [0.3, 0.4) is 0 Å². The number of hydrogen-bond acceptors (Lipinski definition) is 7. The number of thiophene rings is 1. The maximum absolute atomic E-state index is 14.2. The van der Waals surface area contributed by atoms with Crippen LogP contribution in [-0.4, -0.2) is 29.6 Å². The zero-order valence-corrected chi connectivity index (χ0v) is 26.4. The average Bonchev–Trinajstić information content (AvgIpc) is 3.61. The molecule has 0 bridgehead atoms. The lowest BCUT2D eigenvalue weighted by atomic mass is 10.0. The van der Waals surface area contributed by atoms with Crippen LogP contribution in [0.2, 0.25) is 0 Å². The van der Waals surface area contributed by atoms with Gasteiger partial charge in [0, 0.05) is 17.0 Å². The Morgan fingerprint density at radius 3 is 2.35 bits per heavy atom. The Morgan fingerprint density at radius 1 is 0.953 bits per heavy atom. The van der Waals surface area contributed by atoms with Crippen LogP contribution in [-0.2, 0) is 25.8 Å². The largest absolute Gasteiger partial charge is 0.493 e. The number of methoxy groups -OCH3 is 2. The maximum atomic E-state index is 14.2. The highest BCUT2D eigenvalue weighted by molar-refractivity contribution is 8.00. The van der Waals surface area contributed by atoms with Crippen LogP contribution >= 0.6 is 23.1 Å². The minimum absolute atomic E-state index is 0.0108. The highest BCUT2D eigenvalue weighted by atomic mass is 32.2. The first-order valence-electron chi connectivity index (χ1n) is 14.5. The Morgan fingerprint density at radius 2 is 1.65 bits per heavy atom. The number of thioether (sulfide) groups is 1. The van der Waals surface area contributed by atoms with Gasteiger partial charge >= 0.3 is 0 Å². The van der Waals surface area contributed by atoms with E-state index in [-0.39, 0.29) is 11.3 Å². The molecule has 1 aliphatic rings. The van der Waals surface area contributed by atoms with Gasteiger partial charge in [-0.2, -0.15) is 0 Å². The van der Waals surface area contributed by atoms with Crippen molar-refractivity contribution >= 4 is 39.1 Å². The predicted molar refractivity (Wildman–Crippen MR) is 174 cm³/mol. The number of hydrogen-bond donors (Lipinski definition) is 0. The van der Waals surface area contributed by atoms with E-state index in [0.29, 0.717) is 35.2 Å². The van der Waals surface area contributed by atoms with Crippen LogP contribution in [0.5, 0.6) is 11.5 Å². The second-order valence-corrected chi connectivity index (χ2v) is 13.1. The quantitative estimate of drug-likeness (QED) is 0.0925. The summed E-state index contributed by atoms with van der Waals surface area (Å²) in [6, 6.07) is 21.5. The molecule has 6 nitrogen and oxygen atoms in total. The second-order valence-electron chi connectivity index (χ2n) is 11.0. The standard InChI is InChI=1S/C35H34N2O4S2/c1-21-8-13-24(14-9-21)31(38)32(25-15-10-22(2)11-16-25)43-35-36-33-30(26-6-5-7-29(26)42-33)34(39)37(35)19-18-23-12-17-27(40-3)28(20-23)41-4/h8-17,20,32H,5-7,18-19H2,1-4H3/t32-/m0/s1. The molecule has 1 atom stereocenters. The molecular weight excluding hydrogens is 577 g/mol. The Labute approximate surface area is 259 Å². The van der Waals surface area contributed by atoms with Crippen molar-refractivity contribution in [2.75, 3.05) is 14.2 Å². The molecule has 6 rings (SSSR count). The van der Waals surface area contributed by atoms with Crippen molar-refractivity contribution in [3.63, 3.8) is 0 Å². The van der Waals surface area contributed by atoms with Crippen molar-refractivity contribution in [1.82, 2.24) is 9.55 Å². The number of carbonyl (C=O) groups excluding carboxylic acids is 1. The van der Waals surface area contributed by atoms with Crippen molar-refractivity contribution in [3.05, 3.63) is 115 Å². The van der Waals surface area contributed by atoms with E-state index >= 15 is 0 Å². The van der Waals surface area contributed by atoms with Crippen LogP contribution in [0.25, 0.3) is 10.2 Å². The normalized spacial score (nSPS) is 13.2. The van der Waals surface area contributed by atoms with Gasteiger partial charge in [0.15, 0.2) is 22.4 Å². The number of carbonyl (C=O) groups is 1. The highest BCUT2D eigenvalue weighted by Crippen LogP contribution is 2.40. The van der Waals surface area contributed by atoms with Crippen LogP contribution in [0.15, 0.2) is 76.7 Å². The fourth-order valence-corrected chi connectivity index (χ4v) is 8.11. The van der Waals surface area contributed by atoms with E-state index in [0.717, 1.165) is 57.3 Å². The summed E-state index contributed by atoms with van der Waals surface area (Å²) < 4.78 is 12.7. The van der Waals surface area contributed by atoms with E-state index in [9.17, 15) is 9.59 Å². The maximum Gasteiger partial charge on any atom is 0.263 e. The minimum Gasteiger partial charge on any atom is -0.493 e. The number of benzene rings is 3. The summed E-state index contributed by atoms with van der Waals surface area (Å²) >= 11 is 2.99. The molecule has 2 heterocycles. The molecule has 5 aromatic rings. The Kier molecular flexibility index (Phi) is 8.41. The van der Waals surface area contributed by atoms with E-state index in [4.69, 9.17) is 14.5 Å². The average molecular weight is 611 g/mol. The molecule has 0 aliphatic heterocycles. The zero-order valence-electron chi connectivity index (χ0n) is 24.8. The number of ether oxygens (including phenoxy) is 2. The van der Waals surface area contributed by atoms with Gasteiger partial charge in [-0.05, 0) is 68.4 Å². The summed E-state index contributed by atoms with van der Waals surface area (Å²) in [5, 5.41) is 0.738. The third-order valence-electron chi connectivity index (χ3n) is 8.04. The van der Waals surface area contributed by atoms with Gasteiger partial charge in [0.1, 0.15) is 10.1 Å². The molecule has 0 spiro atoms. The summed E-state index contributed by atoms with van der Waals surface area (Å²) in [6.07, 6.45) is 3.56. The van der Waals surface area contributed by atoms with Gasteiger partial charge in [-0.15, -0.1) is 11.3 Å². The van der Waals surface area contributed by atoms with Crippen molar-refractivity contribution in [2.45, 2.75) is 56.5 Å². The predicted octanol–water partition coefficient (Wildman–Crippen LogP) is 7.54. The molecule has 0 saturated carbocycles. The van der Waals surface area contributed by atoms with Crippen LogP contribution < -0.4 is 15.0 Å². The first-order chi connectivity index (χ1) is 20.9. The molecule has 0 saturated heterocycles. The molecule has 0 N–H and O–H groups in total. The van der Waals surface area contributed by atoms with Gasteiger partial charge < -0.3 is 9.47 Å². The van der Waals surface area contributed by atoms with Gasteiger partial charge in [-0.25, -0.2) is 4.98 Å². The molecule has 0 amide bonds. The lowest BCUT2D eigenvalue weighted by Gasteiger charge is -2.19. The number of ketones is 1. The molecule has 220 valence electrons. The van der Waals surface area contributed by atoms with Crippen LogP contribution in [0.1, 0.15) is 54.7 Å². The zero-order chi connectivity index (χ0) is 30.1. The van der Waals surface area contributed by atoms with Crippen molar-refractivity contribution in [3.8, 4) is 11.5 Å². The monoisotopic (exact) mass is 610 g/mol. The number of fused-ring (bicyclic) bond motifs is 3. The van der Waals surface area contributed by atoms with Gasteiger partial charge in [0.25, 0.3) is 5.56 Å². The number of Topliss-reactive ketones (excluding diaryl/α,β-unsaturated/α-hetero) is 1. The molecule has 43 heavy (non-hydrogen) atoms. The van der Waals surface area contributed by atoms with Crippen LogP contribution in [0.4, 0.5) is 0 Å². The third-order valence-corrected chi connectivity index (χ3v) is 10.5. The summed E-state index contributed by atoms with van der Waals surface area (Å²) in [4.78, 5) is 35.4. The fourth-order valence-electron chi connectivity index (χ4n) is 5.61. The van der Waals surface area contributed by atoms with Gasteiger partial charge in [-0.3, -0.25) is 14.2 Å². The summed E-state index contributed by atoms with van der Waals surface area (Å²) in [7, 11) is 3.23. The SMILES string of the molecule is COc1ccc(CCn2c(S[C@H](C(=O)c3ccc(C)cc3)c3ccc(C)cc3)nc3sc4c(c3c2=O)CCC4)cc1OC. The van der Waals surface area contributed by atoms with E-state index in [2.05, 4.69) is 0 Å². The first kappa shape index (κ1) is 29.2. The smallest absolute Gasteiger partial charge is 0.263 e. The van der Waals surface area contributed by atoms with Crippen molar-refractivity contribution in [2.24, 2.45) is 0 Å². The number of aromatic nitrogens is 2. The molecule has 0 unspecified atom stereocenters. The lowest BCUT2D eigenvalue weighted by Crippen LogP contribution is -2.25. The molecule has 1 aliphatic carbocycles. The molecule has 3 aromatic carbocycles. The number of rotatable bonds is 10. The molecule has 2 aromatic heterocycles. The summed E-state index contributed by atoms with van der Waals surface area (Å²) in [6.45, 7) is 4.46. The van der Waals surface area contributed by atoms with Crippen LogP contribution in [0, 0.1) is 13.8 Å². The van der Waals surface area contributed by atoms with Gasteiger partial charge in [0.05, 0.1) is 19.6 Å². The minimum atomic E-state index is -0.563. The molecule has 0 fully saturated rings. The Hall–Kier alpha value is -3.88. The Balaban J connectivity index is 1.44. The molecular formula is C35H34N2O4S2. The topological polar surface area (TPSA) is 70.4 Å². The second kappa shape index (κ2) is 12.4. The number of nitrogens with zero attached hydrogens (tertiary/aromatic N) is 2. The highest BCUT2D eigenvalue weighted by Gasteiger charge is 2.28. The van der Waals surface area contributed by atoms with E-state index in [1.807, 2.05) is 80.6 Å². The van der Waals surface area contributed by atoms with Crippen molar-refractivity contribution in [1.29, 1.82) is 0 Å². The fraction of sp³-hybridized carbons (Fsp3) is 0.286. The Bertz CT molecular complexity index is 1860. The first-order valence-corrected chi connectivity index (χ1v) is 16.2. The van der Waals surface area contributed by atoms with Gasteiger partial charge in [0.2, 0.25) is 0 Å². The van der Waals surface area contributed by atoms with E-state index in [1.54, 1.807) is 30.1 Å². The van der Waals surface area contributed by atoms with Crippen molar-refractivity contribution < 1.29 is 14.3 Å². The lowest BCUT2D eigenvalue weighted by molar-refractivity contribution is 0.0989. The third kappa shape index (κ3) is 5.86.